The minimum atomic E-state index is -0.887. The summed E-state index contributed by atoms with van der Waals surface area (Å²) in [5.74, 6) is 1.95. The Balaban J connectivity index is 2.98. The number of aromatic nitrogens is 1. The maximum Gasteiger partial charge on any atom is 0.404 e. The highest BCUT2D eigenvalue weighted by Gasteiger charge is 2.19. The quantitative estimate of drug-likeness (QED) is 0.323. The van der Waals surface area contributed by atoms with Gasteiger partial charge in [0.25, 0.3) is 0 Å². The fraction of sp³-hybridized carbons (Fsp3) is 0.667. The van der Waals surface area contributed by atoms with Gasteiger partial charge in [0, 0.05) is 19.2 Å². The molecule has 1 rings (SSSR count). The highest BCUT2D eigenvalue weighted by Crippen LogP contribution is 2.26. The maximum atomic E-state index is 11.3. The number of amides is 1. The summed E-state index contributed by atoms with van der Waals surface area (Å²) in [4.78, 5) is 28.0. The molecule has 0 fully saturated rings. The van der Waals surface area contributed by atoms with Crippen LogP contribution in [-0.2, 0) is 4.74 Å². The number of carbonyl (C=O) groups is 1. The van der Waals surface area contributed by atoms with E-state index in [1.165, 1.54) is 6.07 Å². The second-order valence-electron chi connectivity index (χ2n) is 7.24. The largest absolute Gasteiger partial charge is 0.448 e. The van der Waals surface area contributed by atoms with Gasteiger partial charge in [0.15, 0.2) is 0 Å². The molecule has 9 nitrogen and oxygen atoms in total. The number of ether oxygens (including phenoxy) is 1. The Morgan fingerprint density at radius 3 is 2.33 bits per heavy atom. The van der Waals surface area contributed by atoms with E-state index in [4.69, 9.17) is 5.73 Å². The van der Waals surface area contributed by atoms with E-state index in [2.05, 4.69) is 47.6 Å². The minimum absolute atomic E-state index is 0.00279. The van der Waals surface area contributed by atoms with Crippen molar-refractivity contribution in [2.24, 2.45) is 17.6 Å². The Kier molecular flexibility index (Phi) is 9.32. The SMILES string of the molecule is CC(C)CCN(CCC(C)C)c1ccc([N+](=O)[O-])c(NCCOC(N)=O)n1. The summed E-state index contributed by atoms with van der Waals surface area (Å²) in [6.45, 7) is 10.5. The lowest BCUT2D eigenvalue weighted by Gasteiger charge is -2.26. The normalized spacial score (nSPS) is 10.9. The summed E-state index contributed by atoms with van der Waals surface area (Å²) < 4.78 is 4.64. The van der Waals surface area contributed by atoms with Crippen LogP contribution in [0.3, 0.4) is 0 Å². The van der Waals surface area contributed by atoms with Crippen molar-refractivity contribution >= 4 is 23.4 Å². The molecule has 0 saturated heterocycles. The van der Waals surface area contributed by atoms with E-state index in [0.717, 1.165) is 25.9 Å². The van der Waals surface area contributed by atoms with E-state index in [1.807, 2.05) is 0 Å². The summed E-state index contributed by atoms with van der Waals surface area (Å²) >= 11 is 0. The highest BCUT2D eigenvalue weighted by molar-refractivity contribution is 5.64. The zero-order valence-corrected chi connectivity index (χ0v) is 16.6. The molecule has 27 heavy (non-hydrogen) atoms. The number of hydrogen-bond acceptors (Lipinski definition) is 7. The van der Waals surface area contributed by atoms with Crippen LogP contribution in [0.1, 0.15) is 40.5 Å². The summed E-state index contributed by atoms with van der Waals surface area (Å²) in [6, 6.07) is 3.14. The average molecular weight is 381 g/mol. The number of nitrogens with one attached hydrogen (secondary N) is 1. The van der Waals surface area contributed by atoms with Crippen molar-refractivity contribution in [2.45, 2.75) is 40.5 Å². The Bertz CT molecular complexity index is 610. The molecule has 1 heterocycles. The van der Waals surface area contributed by atoms with E-state index in [1.54, 1.807) is 6.07 Å². The molecule has 1 aromatic rings. The minimum Gasteiger partial charge on any atom is -0.448 e. The molecule has 0 saturated carbocycles. The van der Waals surface area contributed by atoms with Gasteiger partial charge in [0.05, 0.1) is 11.5 Å². The zero-order chi connectivity index (χ0) is 20.4. The van der Waals surface area contributed by atoms with Crippen LogP contribution in [0.5, 0.6) is 0 Å². The van der Waals surface area contributed by atoms with Crippen LogP contribution in [-0.4, -0.2) is 42.2 Å². The molecule has 0 aliphatic rings. The van der Waals surface area contributed by atoms with Gasteiger partial charge in [-0.3, -0.25) is 10.1 Å². The van der Waals surface area contributed by atoms with Gasteiger partial charge in [0.2, 0.25) is 5.82 Å². The molecule has 9 heteroatoms. The van der Waals surface area contributed by atoms with E-state index in [-0.39, 0.29) is 24.7 Å². The number of nitrogens with zero attached hydrogens (tertiary/aromatic N) is 3. The Labute approximate surface area is 160 Å². The van der Waals surface area contributed by atoms with Crippen LogP contribution >= 0.6 is 0 Å². The molecule has 0 unspecified atom stereocenters. The fourth-order valence-corrected chi connectivity index (χ4v) is 2.39. The Morgan fingerprint density at radius 1 is 1.26 bits per heavy atom. The third-order valence-corrected chi connectivity index (χ3v) is 3.97. The van der Waals surface area contributed by atoms with Crippen molar-refractivity contribution < 1.29 is 14.5 Å². The summed E-state index contributed by atoms with van der Waals surface area (Å²) in [7, 11) is 0. The van der Waals surface area contributed by atoms with E-state index in [0.29, 0.717) is 17.7 Å². The van der Waals surface area contributed by atoms with Crippen molar-refractivity contribution in [3.8, 4) is 0 Å². The lowest BCUT2D eigenvalue weighted by atomic mass is 10.1. The maximum absolute atomic E-state index is 11.3. The highest BCUT2D eigenvalue weighted by atomic mass is 16.6. The predicted molar refractivity (Wildman–Crippen MR) is 106 cm³/mol. The summed E-state index contributed by atoms with van der Waals surface area (Å²) in [5.41, 5.74) is 4.79. The number of anilines is 2. The first-order chi connectivity index (χ1) is 12.7. The molecule has 1 aromatic heterocycles. The lowest BCUT2D eigenvalue weighted by molar-refractivity contribution is -0.384. The van der Waals surface area contributed by atoms with Gasteiger partial charge in [-0.25, -0.2) is 9.78 Å². The smallest absolute Gasteiger partial charge is 0.404 e. The van der Waals surface area contributed by atoms with Gasteiger partial charge >= 0.3 is 11.8 Å². The van der Waals surface area contributed by atoms with Crippen molar-refractivity contribution in [3.05, 3.63) is 22.2 Å². The van der Waals surface area contributed by atoms with Gasteiger partial charge in [-0.1, -0.05) is 27.7 Å². The first-order valence-electron chi connectivity index (χ1n) is 9.27. The van der Waals surface area contributed by atoms with Crippen molar-refractivity contribution in [1.82, 2.24) is 4.98 Å². The van der Waals surface area contributed by atoms with Crippen LogP contribution in [0.4, 0.5) is 22.1 Å². The van der Waals surface area contributed by atoms with Crippen molar-refractivity contribution in [2.75, 3.05) is 36.5 Å². The van der Waals surface area contributed by atoms with E-state index < -0.39 is 11.0 Å². The molecular formula is C18H31N5O4. The third-order valence-electron chi connectivity index (χ3n) is 3.97. The molecule has 0 spiro atoms. The van der Waals surface area contributed by atoms with Crippen LogP contribution in [0.25, 0.3) is 0 Å². The van der Waals surface area contributed by atoms with Crippen molar-refractivity contribution in [3.63, 3.8) is 0 Å². The number of hydrogen-bond donors (Lipinski definition) is 2. The molecule has 1 amide bonds. The van der Waals surface area contributed by atoms with Crippen LogP contribution in [0.15, 0.2) is 12.1 Å². The molecule has 0 atom stereocenters. The molecule has 3 N–H and O–H groups in total. The van der Waals surface area contributed by atoms with Gasteiger partial charge < -0.3 is 20.7 Å². The molecule has 0 aliphatic carbocycles. The average Bonchev–Trinajstić information content (AvgIpc) is 2.57. The standard InChI is InChI=1S/C18H31N5O4/c1-13(2)7-10-22(11-8-14(3)4)16-6-5-15(23(25)26)17(21-16)20-9-12-27-18(19)24/h5-6,13-14H,7-12H2,1-4H3,(H2,19,24)(H,20,21). The molecule has 0 aromatic carbocycles. The third kappa shape index (κ3) is 8.57. The topological polar surface area (TPSA) is 124 Å². The molecule has 0 radical (unpaired) electrons. The van der Waals surface area contributed by atoms with Crippen molar-refractivity contribution in [1.29, 1.82) is 0 Å². The van der Waals surface area contributed by atoms with Gasteiger partial charge in [-0.15, -0.1) is 0 Å². The number of primary amides is 1. The van der Waals surface area contributed by atoms with E-state index in [9.17, 15) is 14.9 Å². The first-order valence-corrected chi connectivity index (χ1v) is 9.27. The Morgan fingerprint density at radius 2 is 1.85 bits per heavy atom. The summed E-state index contributed by atoms with van der Waals surface area (Å²) in [5, 5.41) is 14.1. The van der Waals surface area contributed by atoms with Gasteiger partial charge in [-0.2, -0.15) is 0 Å². The fourth-order valence-electron chi connectivity index (χ4n) is 2.39. The zero-order valence-electron chi connectivity index (χ0n) is 16.6. The predicted octanol–water partition coefficient (Wildman–Crippen LogP) is 3.40. The summed E-state index contributed by atoms with van der Waals surface area (Å²) in [6.07, 6.45) is 1.12. The van der Waals surface area contributed by atoms with Gasteiger partial charge in [-0.05, 0) is 30.7 Å². The molecule has 0 bridgehead atoms. The Hall–Kier alpha value is -2.58. The van der Waals surface area contributed by atoms with Crippen LogP contribution in [0.2, 0.25) is 0 Å². The second-order valence-corrected chi connectivity index (χ2v) is 7.24. The number of carbonyl (C=O) groups excluding carboxylic acids is 1. The molecular weight excluding hydrogens is 350 g/mol. The second kappa shape index (κ2) is 11.2. The van der Waals surface area contributed by atoms with E-state index >= 15 is 0 Å². The number of pyridine rings is 1. The monoisotopic (exact) mass is 381 g/mol. The van der Waals surface area contributed by atoms with Crippen LogP contribution < -0.4 is 16.0 Å². The number of nitro groups is 1. The number of nitrogens with two attached hydrogens (primary N) is 1. The number of rotatable bonds is 12. The first kappa shape index (κ1) is 22.5. The lowest BCUT2D eigenvalue weighted by Crippen LogP contribution is -2.28. The van der Waals surface area contributed by atoms with Gasteiger partial charge in [0.1, 0.15) is 12.4 Å². The molecule has 0 aliphatic heterocycles. The van der Waals surface area contributed by atoms with Crippen LogP contribution in [0, 0.1) is 22.0 Å². The molecule has 152 valence electrons.